The molecule has 2 aromatic rings. The number of hydrogen-bond donors (Lipinski definition) is 0. The highest BCUT2D eigenvalue weighted by atomic mass is 15.2. The summed E-state index contributed by atoms with van der Waals surface area (Å²) < 4.78 is 2.13. The van der Waals surface area contributed by atoms with E-state index >= 15 is 0 Å². The van der Waals surface area contributed by atoms with Gasteiger partial charge < -0.3 is 4.57 Å². The summed E-state index contributed by atoms with van der Waals surface area (Å²) in [5.41, 5.74) is 10.8. The number of azide groups is 1. The Morgan fingerprint density at radius 2 is 2.25 bits per heavy atom. The topological polar surface area (TPSA) is 53.7 Å². The van der Waals surface area contributed by atoms with E-state index in [1.807, 2.05) is 13.1 Å². The molecule has 0 radical (unpaired) electrons. The first-order chi connectivity index (χ1) is 7.70. The van der Waals surface area contributed by atoms with Gasteiger partial charge in [0.2, 0.25) is 0 Å². The SMILES string of the molecule is Cc1ccc2ccn(CC(C)N=[N+]=[N-])c2c1. The third-order valence-corrected chi connectivity index (χ3v) is 2.64. The van der Waals surface area contributed by atoms with Gasteiger partial charge in [-0.15, -0.1) is 0 Å². The fourth-order valence-electron chi connectivity index (χ4n) is 1.86. The largest absolute Gasteiger partial charge is 0.347 e. The monoisotopic (exact) mass is 214 g/mol. The highest BCUT2D eigenvalue weighted by molar-refractivity contribution is 5.80. The maximum absolute atomic E-state index is 8.37. The summed E-state index contributed by atoms with van der Waals surface area (Å²) in [6.07, 6.45) is 2.04. The van der Waals surface area contributed by atoms with E-state index in [4.69, 9.17) is 5.53 Å². The standard InChI is InChI=1S/C12H14N4/c1-9-3-4-11-5-6-16(12(11)7-9)8-10(2)14-15-13/h3-7,10H,8H2,1-2H3. The third-order valence-electron chi connectivity index (χ3n) is 2.64. The second-order valence-electron chi connectivity index (χ2n) is 4.08. The molecule has 16 heavy (non-hydrogen) atoms. The highest BCUT2D eigenvalue weighted by Gasteiger charge is 2.04. The van der Waals surface area contributed by atoms with Crippen molar-refractivity contribution in [2.45, 2.75) is 26.4 Å². The van der Waals surface area contributed by atoms with Crippen LogP contribution in [-0.4, -0.2) is 10.6 Å². The van der Waals surface area contributed by atoms with Gasteiger partial charge in [0, 0.05) is 23.2 Å². The lowest BCUT2D eigenvalue weighted by Crippen LogP contribution is -2.08. The van der Waals surface area contributed by atoms with Crippen LogP contribution in [0.1, 0.15) is 12.5 Å². The van der Waals surface area contributed by atoms with Crippen LogP contribution in [0.15, 0.2) is 35.6 Å². The van der Waals surface area contributed by atoms with Crippen LogP contribution in [0.4, 0.5) is 0 Å². The van der Waals surface area contributed by atoms with Crippen molar-refractivity contribution in [1.29, 1.82) is 0 Å². The van der Waals surface area contributed by atoms with Crippen molar-refractivity contribution in [3.8, 4) is 0 Å². The molecule has 1 aromatic heterocycles. The Hall–Kier alpha value is -1.93. The van der Waals surface area contributed by atoms with Crippen LogP contribution in [0.3, 0.4) is 0 Å². The minimum Gasteiger partial charge on any atom is -0.347 e. The maximum atomic E-state index is 8.37. The van der Waals surface area contributed by atoms with E-state index in [9.17, 15) is 0 Å². The molecule has 0 saturated carbocycles. The van der Waals surface area contributed by atoms with Gasteiger partial charge in [-0.2, -0.15) is 0 Å². The van der Waals surface area contributed by atoms with Crippen molar-refractivity contribution >= 4 is 10.9 Å². The molecule has 0 aliphatic heterocycles. The normalized spacial score (nSPS) is 12.4. The van der Waals surface area contributed by atoms with Crippen LogP contribution in [0.25, 0.3) is 21.3 Å². The average molecular weight is 214 g/mol. The molecule has 0 N–H and O–H groups in total. The predicted octanol–water partition coefficient (Wildman–Crippen LogP) is 3.65. The molecule has 1 unspecified atom stereocenters. The van der Waals surface area contributed by atoms with Gasteiger partial charge in [0.25, 0.3) is 0 Å². The lowest BCUT2D eigenvalue weighted by molar-refractivity contribution is 0.602. The number of nitrogens with zero attached hydrogens (tertiary/aromatic N) is 4. The predicted molar refractivity (Wildman–Crippen MR) is 65.3 cm³/mol. The molecule has 0 bridgehead atoms. The van der Waals surface area contributed by atoms with Crippen LogP contribution >= 0.6 is 0 Å². The molecular formula is C12H14N4. The van der Waals surface area contributed by atoms with Crippen molar-refractivity contribution < 1.29 is 0 Å². The molecule has 0 aliphatic rings. The van der Waals surface area contributed by atoms with Gasteiger partial charge in [0.05, 0.1) is 6.04 Å². The quantitative estimate of drug-likeness (QED) is 0.425. The molecule has 0 amide bonds. The van der Waals surface area contributed by atoms with Crippen molar-refractivity contribution in [2.75, 3.05) is 0 Å². The van der Waals surface area contributed by atoms with Crippen LogP contribution in [0, 0.1) is 6.92 Å². The Bertz CT molecular complexity index is 549. The molecule has 82 valence electrons. The fourth-order valence-corrected chi connectivity index (χ4v) is 1.86. The summed E-state index contributed by atoms with van der Waals surface area (Å²) >= 11 is 0. The van der Waals surface area contributed by atoms with Crippen molar-refractivity contribution in [3.63, 3.8) is 0 Å². The van der Waals surface area contributed by atoms with Gasteiger partial charge in [-0.25, -0.2) is 0 Å². The summed E-state index contributed by atoms with van der Waals surface area (Å²) in [5, 5.41) is 4.91. The Morgan fingerprint density at radius 3 is 3.00 bits per heavy atom. The molecule has 0 spiro atoms. The summed E-state index contributed by atoms with van der Waals surface area (Å²) in [6.45, 7) is 4.71. The second-order valence-corrected chi connectivity index (χ2v) is 4.08. The zero-order valence-corrected chi connectivity index (χ0v) is 9.46. The molecule has 4 nitrogen and oxygen atoms in total. The lowest BCUT2D eigenvalue weighted by atomic mass is 10.2. The van der Waals surface area contributed by atoms with E-state index in [0.717, 1.165) is 6.54 Å². The van der Waals surface area contributed by atoms with Gasteiger partial charge in [-0.1, -0.05) is 24.2 Å². The zero-order chi connectivity index (χ0) is 11.5. The average Bonchev–Trinajstić information content (AvgIpc) is 2.61. The number of benzene rings is 1. The maximum Gasteiger partial charge on any atom is 0.0525 e. The minimum absolute atomic E-state index is 0.0267. The van der Waals surface area contributed by atoms with E-state index in [1.54, 1.807) is 0 Å². The molecule has 0 fully saturated rings. The minimum atomic E-state index is -0.0267. The summed E-state index contributed by atoms with van der Waals surface area (Å²) in [7, 11) is 0. The second kappa shape index (κ2) is 4.29. The van der Waals surface area contributed by atoms with Crippen LogP contribution in [-0.2, 0) is 6.54 Å². The Morgan fingerprint density at radius 1 is 1.44 bits per heavy atom. The third kappa shape index (κ3) is 2.02. The molecule has 1 aromatic carbocycles. The summed E-state index contributed by atoms with van der Waals surface area (Å²) in [5.74, 6) is 0. The van der Waals surface area contributed by atoms with Crippen molar-refractivity contribution in [1.82, 2.24) is 4.57 Å². The Labute approximate surface area is 94.1 Å². The smallest absolute Gasteiger partial charge is 0.0525 e. The Balaban J connectivity index is 2.37. The first kappa shape index (κ1) is 10.6. The van der Waals surface area contributed by atoms with E-state index in [2.05, 4.69) is 45.8 Å². The molecule has 4 heteroatoms. The van der Waals surface area contributed by atoms with Gasteiger partial charge in [-0.05, 0) is 35.5 Å². The van der Waals surface area contributed by atoms with Crippen molar-refractivity contribution in [2.24, 2.45) is 5.11 Å². The molecular weight excluding hydrogens is 200 g/mol. The highest BCUT2D eigenvalue weighted by Crippen LogP contribution is 2.18. The van der Waals surface area contributed by atoms with Gasteiger partial charge in [0.1, 0.15) is 0 Å². The van der Waals surface area contributed by atoms with Crippen LogP contribution in [0.5, 0.6) is 0 Å². The number of fused-ring (bicyclic) bond motifs is 1. The van der Waals surface area contributed by atoms with Gasteiger partial charge in [-0.3, -0.25) is 0 Å². The van der Waals surface area contributed by atoms with Gasteiger partial charge >= 0.3 is 0 Å². The zero-order valence-electron chi connectivity index (χ0n) is 9.46. The first-order valence-corrected chi connectivity index (χ1v) is 5.30. The van der Waals surface area contributed by atoms with E-state index in [-0.39, 0.29) is 6.04 Å². The molecule has 1 heterocycles. The van der Waals surface area contributed by atoms with Crippen LogP contribution in [0.2, 0.25) is 0 Å². The molecule has 1 atom stereocenters. The van der Waals surface area contributed by atoms with E-state index < -0.39 is 0 Å². The van der Waals surface area contributed by atoms with Crippen molar-refractivity contribution in [3.05, 3.63) is 46.5 Å². The first-order valence-electron chi connectivity index (χ1n) is 5.30. The lowest BCUT2D eigenvalue weighted by Gasteiger charge is -2.08. The molecule has 2 rings (SSSR count). The fraction of sp³-hybridized carbons (Fsp3) is 0.333. The number of rotatable bonds is 3. The number of hydrogen-bond acceptors (Lipinski definition) is 1. The number of aryl methyl sites for hydroxylation is 1. The Kier molecular flexibility index (Phi) is 2.84. The van der Waals surface area contributed by atoms with Crippen LogP contribution < -0.4 is 0 Å². The molecule has 0 aliphatic carbocycles. The van der Waals surface area contributed by atoms with E-state index in [1.165, 1.54) is 16.5 Å². The van der Waals surface area contributed by atoms with E-state index in [0.29, 0.717) is 0 Å². The summed E-state index contributed by atoms with van der Waals surface area (Å²) in [4.78, 5) is 2.83. The number of aromatic nitrogens is 1. The van der Waals surface area contributed by atoms with Gasteiger partial charge in [0.15, 0.2) is 0 Å². The molecule has 0 saturated heterocycles. The summed E-state index contributed by atoms with van der Waals surface area (Å²) in [6, 6.07) is 8.42.